The predicted octanol–water partition coefficient (Wildman–Crippen LogP) is 5.57. The van der Waals surface area contributed by atoms with Gasteiger partial charge in [0.05, 0.1) is 26.8 Å². The summed E-state index contributed by atoms with van der Waals surface area (Å²) in [7, 11) is 0. The number of anilines is 1. The normalized spacial score (nSPS) is 14.7. The molecule has 0 amide bonds. The Kier molecular flexibility index (Phi) is 7.21. The molecule has 1 aliphatic heterocycles. The molecule has 0 N–H and O–H groups in total. The van der Waals surface area contributed by atoms with E-state index >= 15 is 0 Å². The Morgan fingerprint density at radius 1 is 0.882 bits per heavy atom. The third-order valence-corrected chi connectivity index (χ3v) is 8.04. The van der Waals surface area contributed by atoms with Crippen LogP contribution in [-0.4, -0.2) is 47.4 Å². The molecule has 5 rings (SSSR count). The van der Waals surface area contributed by atoms with Crippen molar-refractivity contribution in [3.8, 4) is 0 Å². The number of halogens is 2. The first-order valence-electron chi connectivity index (χ1n) is 11.5. The molecule has 1 saturated heterocycles. The zero-order valence-electron chi connectivity index (χ0n) is 18.8. The lowest BCUT2D eigenvalue weighted by molar-refractivity contribution is 0.248. The minimum atomic E-state index is -0.00838. The molecule has 3 heterocycles. The van der Waals surface area contributed by atoms with Crippen LogP contribution >= 0.6 is 34.5 Å². The fraction of sp³-hybridized carbons (Fsp3) is 0.308. The largest absolute Gasteiger partial charge is 0.368 e. The Labute approximate surface area is 213 Å². The Bertz CT molecular complexity index is 1330. The Morgan fingerprint density at radius 2 is 1.68 bits per heavy atom. The maximum Gasteiger partial charge on any atom is 0.274 e. The maximum absolute atomic E-state index is 13.1. The monoisotopic (exact) mass is 512 g/mol. The Balaban J connectivity index is 1.23. The molecule has 0 unspecified atom stereocenters. The summed E-state index contributed by atoms with van der Waals surface area (Å²) in [6.45, 7) is 5.25. The lowest BCUT2D eigenvalue weighted by atomic mass is 10.1. The molecule has 0 atom stereocenters. The van der Waals surface area contributed by atoms with Crippen LogP contribution < -0.4 is 10.5 Å². The first-order chi connectivity index (χ1) is 16.6. The number of fused-ring (bicyclic) bond motifs is 1. The Hall–Kier alpha value is -2.38. The lowest BCUT2D eigenvalue weighted by Gasteiger charge is -2.36. The van der Waals surface area contributed by atoms with E-state index < -0.39 is 0 Å². The van der Waals surface area contributed by atoms with Crippen LogP contribution in [0.4, 0.5) is 5.69 Å². The van der Waals surface area contributed by atoms with Crippen molar-refractivity contribution in [3.63, 3.8) is 0 Å². The van der Waals surface area contributed by atoms with Gasteiger partial charge in [-0.25, -0.2) is 4.68 Å². The highest BCUT2D eigenvalue weighted by atomic mass is 35.5. The van der Waals surface area contributed by atoms with E-state index in [0.717, 1.165) is 67.7 Å². The van der Waals surface area contributed by atoms with Crippen molar-refractivity contribution in [1.29, 1.82) is 0 Å². The van der Waals surface area contributed by atoms with Gasteiger partial charge in [0.1, 0.15) is 0 Å². The molecule has 5 nitrogen and oxygen atoms in total. The van der Waals surface area contributed by atoms with E-state index in [4.69, 9.17) is 28.3 Å². The molecule has 0 bridgehead atoms. The quantitative estimate of drug-likeness (QED) is 0.324. The lowest BCUT2D eigenvalue weighted by Crippen LogP contribution is -2.47. The molecule has 176 valence electrons. The molecule has 1 aliphatic rings. The van der Waals surface area contributed by atoms with Gasteiger partial charge >= 0.3 is 0 Å². The van der Waals surface area contributed by atoms with Crippen LogP contribution in [0, 0.1) is 0 Å². The molecule has 0 aliphatic carbocycles. The average molecular weight is 513 g/mol. The van der Waals surface area contributed by atoms with E-state index in [9.17, 15) is 4.79 Å². The summed E-state index contributed by atoms with van der Waals surface area (Å²) in [6, 6.07) is 17.8. The minimum Gasteiger partial charge on any atom is -0.368 e. The van der Waals surface area contributed by atoms with Gasteiger partial charge in [0.2, 0.25) is 0 Å². The van der Waals surface area contributed by atoms with Gasteiger partial charge in [-0.15, -0.1) is 11.3 Å². The SMILES string of the molecule is O=c1c2ccccc2c(Cc2cccs2)nn1CCCN1CCN(c2cccc(Cl)c2Cl)CC1. The number of thiophene rings is 1. The second-order valence-electron chi connectivity index (χ2n) is 8.53. The van der Waals surface area contributed by atoms with Gasteiger partial charge in [-0.1, -0.05) is 53.5 Å². The average Bonchev–Trinajstić information content (AvgIpc) is 3.37. The van der Waals surface area contributed by atoms with Gasteiger partial charge in [0, 0.05) is 56.0 Å². The van der Waals surface area contributed by atoms with E-state index in [-0.39, 0.29) is 5.56 Å². The van der Waals surface area contributed by atoms with Crippen molar-refractivity contribution < 1.29 is 0 Å². The third-order valence-electron chi connectivity index (χ3n) is 6.35. The van der Waals surface area contributed by atoms with Crippen molar-refractivity contribution in [3.05, 3.63) is 90.9 Å². The summed E-state index contributed by atoms with van der Waals surface area (Å²) in [5.74, 6) is 0. The Morgan fingerprint density at radius 3 is 2.44 bits per heavy atom. The predicted molar refractivity (Wildman–Crippen MR) is 143 cm³/mol. The molecular formula is C26H26Cl2N4OS. The van der Waals surface area contributed by atoms with E-state index in [0.29, 0.717) is 16.6 Å². The topological polar surface area (TPSA) is 41.4 Å². The summed E-state index contributed by atoms with van der Waals surface area (Å²) >= 11 is 14.3. The van der Waals surface area contributed by atoms with Crippen molar-refractivity contribution in [2.75, 3.05) is 37.6 Å². The fourth-order valence-corrected chi connectivity index (χ4v) is 5.68. The highest BCUT2D eigenvalue weighted by Crippen LogP contribution is 2.32. The van der Waals surface area contributed by atoms with Gasteiger partial charge < -0.3 is 4.90 Å². The molecule has 2 aromatic carbocycles. The van der Waals surface area contributed by atoms with Crippen LogP contribution in [0.2, 0.25) is 10.0 Å². The van der Waals surface area contributed by atoms with Gasteiger partial charge in [0.15, 0.2) is 0 Å². The molecule has 0 spiro atoms. The zero-order chi connectivity index (χ0) is 23.5. The van der Waals surface area contributed by atoms with Crippen molar-refractivity contribution in [1.82, 2.24) is 14.7 Å². The van der Waals surface area contributed by atoms with E-state index in [1.807, 2.05) is 42.5 Å². The standard InChI is InChI=1S/C26H26Cl2N4OS/c27-22-9-3-10-24(25(22)28)31-15-13-30(14-16-31)11-5-12-32-26(33)21-8-2-1-7-20(21)23(29-32)18-19-6-4-17-34-19/h1-4,6-10,17H,5,11-16,18H2. The number of hydrogen-bond donors (Lipinski definition) is 0. The van der Waals surface area contributed by atoms with Crippen molar-refractivity contribution in [2.24, 2.45) is 0 Å². The molecule has 34 heavy (non-hydrogen) atoms. The second-order valence-corrected chi connectivity index (χ2v) is 10.3. The molecule has 0 radical (unpaired) electrons. The number of rotatable bonds is 7. The summed E-state index contributed by atoms with van der Waals surface area (Å²) in [5, 5.41) is 9.77. The van der Waals surface area contributed by atoms with E-state index in [1.54, 1.807) is 16.0 Å². The first-order valence-corrected chi connectivity index (χ1v) is 13.2. The number of benzene rings is 2. The summed E-state index contributed by atoms with van der Waals surface area (Å²) < 4.78 is 1.66. The minimum absolute atomic E-state index is 0.00838. The van der Waals surface area contributed by atoms with Crippen LogP contribution in [0.5, 0.6) is 0 Å². The zero-order valence-corrected chi connectivity index (χ0v) is 21.1. The molecule has 4 aromatic rings. The van der Waals surface area contributed by atoms with Gasteiger partial charge in [-0.2, -0.15) is 5.10 Å². The maximum atomic E-state index is 13.1. The molecule has 2 aromatic heterocycles. The summed E-state index contributed by atoms with van der Waals surface area (Å²) in [5.41, 5.74) is 1.95. The summed E-state index contributed by atoms with van der Waals surface area (Å²) in [6.07, 6.45) is 1.62. The number of aryl methyl sites for hydroxylation is 1. The van der Waals surface area contributed by atoms with Crippen LogP contribution in [0.15, 0.2) is 64.8 Å². The fourth-order valence-electron chi connectivity index (χ4n) is 4.56. The smallest absolute Gasteiger partial charge is 0.274 e. The number of nitrogens with zero attached hydrogens (tertiary/aromatic N) is 4. The van der Waals surface area contributed by atoms with Gasteiger partial charge in [-0.3, -0.25) is 9.69 Å². The van der Waals surface area contributed by atoms with E-state index in [1.165, 1.54) is 4.88 Å². The van der Waals surface area contributed by atoms with Crippen LogP contribution in [0.1, 0.15) is 17.0 Å². The number of aromatic nitrogens is 2. The van der Waals surface area contributed by atoms with Crippen LogP contribution in [-0.2, 0) is 13.0 Å². The first kappa shape index (κ1) is 23.4. The highest BCUT2D eigenvalue weighted by Gasteiger charge is 2.20. The van der Waals surface area contributed by atoms with Crippen molar-refractivity contribution in [2.45, 2.75) is 19.4 Å². The number of piperazine rings is 1. The highest BCUT2D eigenvalue weighted by molar-refractivity contribution is 7.09. The molecule has 0 saturated carbocycles. The third kappa shape index (κ3) is 5.01. The van der Waals surface area contributed by atoms with E-state index in [2.05, 4.69) is 27.3 Å². The second kappa shape index (κ2) is 10.5. The summed E-state index contributed by atoms with van der Waals surface area (Å²) in [4.78, 5) is 19.1. The van der Waals surface area contributed by atoms with Crippen LogP contribution in [0.25, 0.3) is 10.8 Å². The van der Waals surface area contributed by atoms with Crippen LogP contribution in [0.3, 0.4) is 0 Å². The molecular weight excluding hydrogens is 487 g/mol. The van der Waals surface area contributed by atoms with Crippen molar-refractivity contribution >= 4 is 51.0 Å². The molecule has 8 heteroatoms. The van der Waals surface area contributed by atoms with Gasteiger partial charge in [0.25, 0.3) is 5.56 Å². The van der Waals surface area contributed by atoms with Gasteiger partial charge in [-0.05, 0) is 36.1 Å². The number of hydrogen-bond acceptors (Lipinski definition) is 5. The molecule has 1 fully saturated rings.